The molecule has 0 aliphatic carbocycles. The summed E-state index contributed by atoms with van der Waals surface area (Å²) in [5, 5.41) is 0. The van der Waals surface area contributed by atoms with Gasteiger partial charge in [0.15, 0.2) is 0 Å². The van der Waals surface area contributed by atoms with Crippen LogP contribution in [0.15, 0.2) is 18.2 Å². The number of ether oxygens (including phenoxy) is 2. The monoisotopic (exact) mass is 253 g/mol. The highest BCUT2D eigenvalue weighted by atomic mass is 19.1. The fourth-order valence-corrected chi connectivity index (χ4v) is 1.39. The molecule has 0 amide bonds. The lowest BCUT2D eigenvalue weighted by Gasteiger charge is -2.06. The van der Waals surface area contributed by atoms with E-state index in [0.29, 0.717) is 17.9 Å². The van der Waals surface area contributed by atoms with E-state index in [1.54, 1.807) is 6.92 Å². The van der Waals surface area contributed by atoms with Crippen molar-refractivity contribution < 1.29 is 18.7 Å². The molecule has 0 aliphatic rings. The number of methoxy groups -OCH3 is 1. The summed E-state index contributed by atoms with van der Waals surface area (Å²) in [7, 11) is 1.45. The van der Waals surface area contributed by atoms with Crippen molar-refractivity contribution in [3.05, 3.63) is 29.6 Å². The van der Waals surface area contributed by atoms with Crippen LogP contribution in [0.4, 0.5) is 10.1 Å². The van der Waals surface area contributed by atoms with Crippen LogP contribution < -0.4 is 10.5 Å². The molecule has 0 aromatic heterocycles. The van der Waals surface area contributed by atoms with Gasteiger partial charge in [-0.25, -0.2) is 4.39 Å². The van der Waals surface area contributed by atoms with Gasteiger partial charge in [0, 0.05) is 11.6 Å². The number of esters is 1. The van der Waals surface area contributed by atoms with Crippen LogP contribution >= 0.6 is 0 Å². The van der Waals surface area contributed by atoms with Crippen molar-refractivity contribution in [2.24, 2.45) is 0 Å². The van der Waals surface area contributed by atoms with Crippen molar-refractivity contribution in [3.8, 4) is 5.75 Å². The molecule has 1 aromatic carbocycles. The predicted octanol–water partition coefficient (Wildman–Crippen LogP) is 2.38. The highest BCUT2D eigenvalue weighted by molar-refractivity contribution is 5.73. The summed E-state index contributed by atoms with van der Waals surface area (Å²) in [6.07, 6.45) is 3.13. The molecule has 0 heterocycles. The fraction of sp³-hybridized carbons (Fsp3) is 0.308. The van der Waals surface area contributed by atoms with Gasteiger partial charge in [0.2, 0.25) is 0 Å². The third kappa shape index (κ3) is 3.76. The number of anilines is 1. The molecule has 0 fully saturated rings. The zero-order valence-corrected chi connectivity index (χ0v) is 10.4. The van der Waals surface area contributed by atoms with Gasteiger partial charge < -0.3 is 15.2 Å². The first kappa shape index (κ1) is 14.0. The van der Waals surface area contributed by atoms with Crippen molar-refractivity contribution in [2.75, 3.05) is 19.5 Å². The molecule has 0 unspecified atom stereocenters. The first-order valence-corrected chi connectivity index (χ1v) is 5.53. The Bertz CT molecular complexity index is 458. The lowest BCUT2D eigenvalue weighted by Crippen LogP contribution is -2.01. The van der Waals surface area contributed by atoms with Crippen LogP contribution in [-0.4, -0.2) is 19.7 Å². The molecule has 1 aromatic rings. The van der Waals surface area contributed by atoms with Gasteiger partial charge in [0.05, 0.1) is 25.8 Å². The number of hydrogen-bond acceptors (Lipinski definition) is 4. The van der Waals surface area contributed by atoms with Crippen LogP contribution in [0.2, 0.25) is 0 Å². The lowest BCUT2D eigenvalue weighted by atomic mass is 10.1. The number of benzene rings is 1. The van der Waals surface area contributed by atoms with E-state index in [0.717, 1.165) is 0 Å². The van der Waals surface area contributed by atoms with Crippen LogP contribution in [0.5, 0.6) is 5.75 Å². The number of hydrogen-bond donors (Lipinski definition) is 1. The van der Waals surface area contributed by atoms with Gasteiger partial charge in [-0.1, -0.05) is 12.2 Å². The van der Waals surface area contributed by atoms with Gasteiger partial charge in [-0.15, -0.1) is 0 Å². The van der Waals surface area contributed by atoms with E-state index in [1.165, 1.54) is 31.4 Å². The number of carbonyl (C=O) groups excluding carboxylic acids is 1. The third-order valence-corrected chi connectivity index (χ3v) is 2.24. The van der Waals surface area contributed by atoms with Gasteiger partial charge in [0.1, 0.15) is 11.6 Å². The topological polar surface area (TPSA) is 61.5 Å². The van der Waals surface area contributed by atoms with E-state index in [-0.39, 0.29) is 18.1 Å². The van der Waals surface area contributed by atoms with Gasteiger partial charge >= 0.3 is 5.97 Å². The zero-order chi connectivity index (χ0) is 13.5. The summed E-state index contributed by atoms with van der Waals surface area (Å²) < 4.78 is 23.3. The molecule has 98 valence electrons. The maximum absolute atomic E-state index is 13.5. The van der Waals surface area contributed by atoms with Crippen LogP contribution in [0.1, 0.15) is 18.9 Å². The van der Waals surface area contributed by atoms with Crippen molar-refractivity contribution in [1.82, 2.24) is 0 Å². The highest BCUT2D eigenvalue weighted by Crippen LogP contribution is 2.25. The SMILES string of the molecule is CCOC(=O)CC=Cc1cc(OC)c(N)cc1F. The summed E-state index contributed by atoms with van der Waals surface area (Å²) in [4.78, 5) is 11.1. The minimum absolute atomic E-state index is 0.0972. The molecule has 0 saturated heterocycles. The van der Waals surface area contributed by atoms with Crippen LogP contribution in [0.25, 0.3) is 6.08 Å². The fourth-order valence-electron chi connectivity index (χ4n) is 1.39. The highest BCUT2D eigenvalue weighted by Gasteiger charge is 2.06. The van der Waals surface area contributed by atoms with E-state index in [2.05, 4.69) is 0 Å². The Kier molecular flexibility index (Phi) is 5.17. The van der Waals surface area contributed by atoms with Crippen molar-refractivity contribution in [3.63, 3.8) is 0 Å². The number of nitrogens with two attached hydrogens (primary N) is 1. The first-order chi connectivity index (χ1) is 8.58. The van der Waals surface area contributed by atoms with Crippen molar-refractivity contribution >= 4 is 17.7 Å². The molecule has 0 saturated carbocycles. The molecule has 0 radical (unpaired) electrons. The smallest absolute Gasteiger partial charge is 0.309 e. The number of nitrogen functional groups attached to an aromatic ring is 1. The summed E-state index contributed by atoms with van der Waals surface area (Å²) in [6, 6.07) is 2.66. The molecular formula is C13H16FNO3. The average molecular weight is 253 g/mol. The summed E-state index contributed by atoms with van der Waals surface area (Å²) in [5.41, 5.74) is 6.10. The Morgan fingerprint density at radius 2 is 2.22 bits per heavy atom. The van der Waals surface area contributed by atoms with Gasteiger partial charge in [0.25, 0.3) is 0 Å². The lowest BCUT2D eigenvalue weighted by molar-refractivity contribution is -0.142. The maximum Gasteiger partial charge on any atom is 0.309 e. The Morgan fingerprint density at radius 1 is 1.50 bits per heavy atom. The zero-order valence-electron chi connectivity index (χ0n) is 10.4. The molecule has 0 bridgehead atoms. The number of halogens is 1. The second-order valence-corrected chi connectivity index (χ2v) is 3.53. The van der Waals surface area contributed by atoms with Crippen molar-refractivity contribution in [2.45, 2.75) is 13.3 Å². The minimum atomic E-state index is -0.464. The van der Waals surface area contributed by atoms with Gasteiger partial charge in [-0.05, 0) is 13.0 Å². The van der Waals surface area contributed by atoms with Gasteiger partial charge in [-0.3, -0.25) is 4.79 Å². The Hall–Kier alpha value is -2.04. The standard InChI is InChI=1S/C13H16FNO3/c1-3-18-13(16)6-4-5-9-7-12(17-2)11(15)8-10(9)14/h4-5,7-8H,3,6,15H2,1-2H3. The average Bonchev–Trinajstić information content (AvgIpc) is 2.32. The number of carbonyl (C=O) groups is 1. The second kappa shape index (κ2) is 6.64. The summed E-state index contributed by atoms with van der Waals surface area (Å²) >= 11 is 0. The molecule has 4 nitrogen and oxygen atoms in total. The quantitative estimate of drug-likeness (QED) is 0.646. The van der Waals surface area contributed by atoms with E-state index in [1.807, 2.05) is 0 Å². The van der Waals surface area contributed by atoms with Crippen LogP contribution in [0.3, 0.4) is 0 Å². The molecule has 0 spiro atoms. The molecule has 18 heavy (non-hydrogen) atoms. The van der Waals surface area contributed by atoms with Crippen LogP contribution in [0, 0.1) is 5.82 Å². The summed E-state index contributed by atoms with van der Waals surface area (Å²) in [6.45, 7) is 2.06. The molecular weight excluding hydrogens is 237 g/mol. The Balaban J connectivity index is 2.78. The Morgan fingerprint density at radius 3 is 2.83 bits per heavy atom. The molecule has 1 rings (SSSR count). The number of rotatable bonds is 5. The second-order valence-electron chi connectivity index (χ2n) is 3.53. The van der Waals surface area contributed by atoms with Crippen LogP contribution in [-0.2, 0) is 9.53 Å². The Labute approximate surface area is 105 Å². The van der Waals surface area contributed by atoms with E-state index in [4.69, 9.17) is 15.2 Å². The molecule has 2 N–H and O–H groups in total. The minimum Gasteiger partial charge on any atom is -0.495 e. The normalized spacial score (nSPS) is 10.6. The largest absolute Gasteiger partial charge is 0.495 e. The first-order valence-electron chi connectivity index (χ1n) is 5.53. The summed E-state index contributed by atoms with van der Waals surface area (Å²) in [5.74, 6) is -0.419. The van der Waals surface area contributed by atoms with Gasteiger partial charge in [-0.2, -0.15) is 0 Å². The molecule has 0 atom stereocenters. The predicted molar refractivity (Wildman–Crippen MR) is 67.6 cm³/mol. The van der Waals surface area contributed by atoms with E-state index < -0.39 is 5.82 Å². The van der Waals surface area contributed by atoms with Crippen molar-refractivity contribution in [1.29, 1.82) is 0 Å². The molecule has 5 heteroatoms. The third-order valence-electron chi connectivity index (χ3n) is 2.24. The maximum atomic E-state index is 13.5. The van der Waals surface area contributed by atoms with E-state index in [9.17, 15) is 9.18 Å². The molecule has 0 aliphatic heterocycles. The van der Waals surface area contributed by atoms with E-state index >= 15 is 0 Å².